The molecule has 0 aliphatic carbocycles. The topological polar surface area (TPSA) is 24.4 Å². The summed E-state index contributed by atoms with van der Waals surface area (Å²) in [6, 6.07) is 7.73. The second-order valence-corrected chi connectivity index (χ2v) is 4.57. The number of benzene rings is 1. The smallest absolute Gasteiger partial charge is 0.128 e. The number of nitrogens with zero attached hydrogens (tertiary/aromatic N) is 1. The number of halogens is 1. The van der Waals surface area contributed by atoms with Crippen LogP contribution in [0.3, 0.4) is 0 Å². The highest BCUT2D eigenvalue weighted by molar-refractivity contribution is 6.30. The zero-order chi connectivity index (χ0) is 10.2. The Morgan fingerprint density at radius 2 is 1.93 bits per heavy atom. The lowest BCUT2D eigenvalue weighted by atomic mass is 10.1. The van der Waals surface area contributed by atoms with E-state index in [9.17, 15) is 0 Å². The maximum absolute atomic E-state index is 5.81. The predicted octanol–water partition coefficient (Wildman–Crippen LogP) is 2.47. The molecule has 1 aliphatic rings. The molecule has 0 radical (unpaired) electrons. The molecule has 0 spiro atoms. The third-order valence-corrected chi connectivity index (χ3v) is 2.47. The first-order chi connectivity index (χ1) is 6.57. The van der Waals surface area contributed by atoms with Gasteiger partial charge in [0.2, 0.25) is 0 Å². The summed E-state index contributed by atoms with van der Waals surface area (Å²) in [6.07, 6.45) is 0. The van der Waals surface area contributed by atoms with E-state index < -0.39 is 0 Å². The molecule has 74 valence electrons. The molecular formula is C11H13ClN2. The first-order valence-corrected chi connectivity index (χ1v) is 5.04. The molecular weight excluding hydrogens is 196 g/mol. The summed E-state index contributed by atoms with van der Waals surface area (Å²) in [5, 5.41) is 4.05. The molecule has 0 saturated heterocycles. The van der Waals surface area contributed by atoms with Gasteiger partial charge in [-0.25, -0.2) is 0 Å². The summed E-state index contributed by atoms with van der Waals surface area (Å²) >= 11 is 5.81. The van der Waals surface area contributed by atoms with Gasteiger partial charge in [-0.05, 0) is 38.1 Å². The molecule has 0 fully saturated rings. The largest absolute Gasteiger partial charge is 0.367 e. The Bertz CT molecular complexity index is 365. The minimum Gasteiger partial charge on any atom is -0.367 e. The van der Waals surface area contributed by atoms with Crippen molar-refractivity contribution in [1.82, 2.24) is 5.32 Å². The van der Waals surface area contributed by atoms with Crippen LogP contribution < -0.4 is 5.32 Å². The number of nitrogens with one attached hydrogen (secondary N) is 1. The predicted molar refractivity (Wildman–Crippen MR) is 60.1 cm³/mol. The molecule has 0 bridgehead atoms. The molecule has 0 amide bonds. The van der Waals surface area contributed by atoms with Crippen molar-refractivity contribution in [3.05, 3.63) is 34.9 Å². The monoisotopic (exact) mass is 208 g/mol. The number of aliphatic imine (C=N–C) groups is 1. The minimum atomic E-state index is 0.00890. The summed E-state index contributed by atoms with van der Waals surface area (Å²) in [6.45, 7) is 5.12. The van der Waals surface area contributed by atoms with E-state index in [1.807, 2.05) is 24.3 Å². The number of amidine groups is 1. The van der Waals surface area contributed by atoms with Crippen molar-refractivity contribution in [2.24, 2.45) is 4.99 Å². The first kappa shape index (κ1) is 9.53. The first-order valence-electron chi connectivity index (χ1n) is 4.66. The molecule has 1 heterocycles. The summed E-state index contributed by atoms with van der Waals surface area (Å²) in [5.41, 5.74) is 1.11. The van der Waals surface area contributed by atoms with Crippen LogP contribution in [0.5, 0.6) is 0 Å². The van der Waals surface area contributed by atoms with E-state index in [-0.39, 0.29) is 5.54 Å². The van der Waals surface area contributed by atoms with Crippen molar-refractivity contribution in [1.29, 1.82) is 0 Å². The van der Waals surface area contributed by atoms with Gasteiger partial charge in [-0.3, -0.25) is 4.99 Å². The molecule has 1 N–H and O–H groups in total. The zero-order valence-corrected chi connectivity index (χ0v) is 9.10. The third-order valence-electron chi connectivity index (χ3n) is 2.22. The number of hydrogen-bond acceptors (Lipinski definition) is 2. The molecule has 1 aromatic rings. The highest BCUT2D eigenvalue weighted by Crippen LogP contribution is 2.17. The SMILES string of the molecule is CC1(C)CNC(c2ccc(Cl)cc2)=N1. The lowest BCUT2D eigenvalue weighted by Gasteiger charge is -2.09. The maximum atomic E-state index is 5.81. The lowest BCUT2D eigenvalue weighted by Crippen LogP contribution is -2.26. The molecule has 14 heavy (non-hydrogen) atoms. The highest BCUT2D eigenvalue weighted by atomic mass is 35.5. The van der Waals surface area contributed by atoms with E-state index in [0.29, 0.717) is 0 Å². The molecule has 0 unspecified atom stereocenters. The summed E-state index contributed by atoms with van der Waals surface area (Å²) in [4.78, 5) is 4.58. The van der Waals surface area contributed by atoms with Crippen LogP contribution in [0, 0.1) is 0 Å². The van der Waals surface area contributed by atoms with E-state index in [1.54, 1.807) is 0 Å². The Labute approximate surface area is 89.0 Å². The highest BCUT2D eigenvalue weighted by Gasteiger charge is 2.24. The van der Waals surface area contributed by atoms with Gasteiger partial charge in [0.25, 0.3) is 0 Å². The fourth-order valence-corrected chi connectivity index (χ4v) is 1.58. The normalized spacial score (nSPS) is 18.9. The van der Waals surface area contributed by atoms with Crippen molar-refractivity contribution in [2.45, 2.75) is 19.4 Å². The molecule has 0 aromatic heterocycles. The molecule has 3 heteroatoms. The maximum Gasteiger partial charge on any atom is 0.128 e. The van der Waals surface area contributed by atoms with Crippen LogP contribution in [-0.4, -0.2) is 17.9 Å². The zero-order valence-electron chi connectivity index (χ0n) is 8.34. The van der Waals surface area contributed by atoms with E-state index in [0.717, 1.165) is 23.0 Å². The Kier molecular flexibility index (Phi) is 2.23. The van der Waals surface area contributed by atoms with Gasteiger partial charge in [-0.15, -0.1) is 0 Å². The molecule has 2 rings (SSSR count). The van der Waals surface area contributed by atoms with Crippen LogP contribution in [0.1, 0.15) is 19.4 Å². The van der Waals surface area contributed by atoms with Crippen molar-refractivity contribution in [2.75, 3.05) is 6.54 Å². The van der Waals surface area contributed by atoms with E-state index in [4.69, 9.17) is 11.6 Å². The Hall–Kier alpha value is -1.02. The van der Waals surface area contributed by atoms with Gasteiger partial charge in [-0.2, -0.15) is 0 Å². The van der Waals surface area contributed by atoms with Crippen LogP contribution in [0.25, 0.3) is 0 Å². The molecule has 0 saturated carbocycles. The van der Waals surface area contributed by atoms with Gasteiger partial charge in [0.15, 0.2) is 0 Å². The Morgan fingerprint density at radius 3 is 2.43 bits per heavy atom. The van der Waals surface area contributed by atoms with Gasteiger partial charge in [0.05, 0.1) is 5.54 Å². The summed E-state index contributed by atoms with van der Waals surface area (Å²) in [5.74, 6) is 0.965. The average Bonchev–Trinajstić information content (AvgIpc) is 2.47. The van der Waals surface area contributed by atoms with E-state index >= 15 is 0 Å². The second-order valence-electron chi connectivity index (χ2n) is 4.13. The average molecular weight is 209 g/mol. The van der Waals surface area contributed by atoms with E-state index in [1.165, 1.54) is 0 Å². The van der Waals surface area contributed by atoms with Gasteiger partial charge in [0.1, 0.15) is 5.84 Å². The van der Waals surface area contributed by atoms with E-state index in [2.05, 4.69) is 24.2 Å². The standard InChI is InChI=1S/C11H13ClN2/c1-11(2)7-13-10(14-11)8-3-5-9(12)6-4-8/h3-6H,7H2,1-2H3,(H,13,14). The fraction of sp³-hybridized carbons (Fsp3) is 0.364. The summed E-state index contributed by atoms with van der Waals surface area (Å²) < 4.78 is 0. The lowest BCUT2D eigenvalue weighted by molar-refractivity contribution is 0.549. The van der Waals surface area contributed by atoms with Crippen molar-refractivity contribution >= 4 is 17.4 Å². The van der Waals surface area contributed by atoms with Crippen LogP contribution >= 0.6 is 11.6 Å². The molecule has 1 aromatic carbocycles. The minimum absolute atomic E-state index is 0.00890. The van der Waals surface area contributed by atoms with Crippen molar-refractivity contribution < 1.29 is 0 Å². The number of hydrogen-bond donors (Lipinski definition) is 1. The van der Waals surface area contributed by atoms with Gasteiger partial charge in [0, 0.05) is 17.1 Å². The quantitative estimate of drug-likeness (QED) is 0.754. The number of rotatable bonds is 1. The van der Waals surface area contributed by atoms with Crippen LogP contribution in [0.2, 0.25) is 5.02 Å². The van der Waals surface area contributed by atoms with Gasteiger partial charge in [-0.1, -0.05) is 11.6 Å². The third kappa shape index (κ3) is 1.90. The fourth-order valence-electron chi connectivity index (χ4n) is 1.46. The van der Waals surface area contributed by atoms with Gasteiger partial charge < -0.3 is 5.32 Å². The molecule has 0 atom stereocenters. The van der Waals surface area contributed by atoms with Crippen LogP contribution in [-0.2, 0) is 0 Å². The van der Waals surface area contributed by atoms with Gasteiger partial charge >= 0.3 is 0 Å². The van der Waals surface area contributed by atoms with Crippen molar-refractivity contribution in [3.63, 3.8) is 0 Å². The second kappa shape index (κ2) is 3.28. The van der Waals surface area contributed by atoms with Crippen LogP contribution in [0.15, 0.2) is 29.3 Å². The summed E-state index contributed by atoms with van der Waals surface area (Å²) in [7, 11) is 0. The van der Waals surface area contributed by atoms with Crippen molar-refractivity contribution in [3.8, 4) is 0 Å². The molecule has 1 aliphatic heterocycles. The van der Waals surface area contributed by atoms with Crippen LogP contribution in [0.4, 0.5) is 0 Å². The Morgan fingerprint density at radius 1 is 1.29 bits per heavy atom. The Balaban J connectivity index is 2.29. The molecule has 2 nitrogen and oxygen atoms in total.